The van der Waals surface area contributed by atoms with E-state index in [-0.39, 0.29) is 11.8 Å². The molecule has 21 heavy (non-hydrogen) atoms. The lowest BCUT2D eigenvalue weighted by molar-refractivity contribution is -0.122. The van der Waals surface area contributed by atoms with Crippen molar-refractivity contribution in [3.63, 3.8) is 0 Å². The molecule has 1 aromatic heterocycles. The molecule has 2 atom stereocenters. The van der Waals surface area contributed by atoms with Crippen LogP contribution in [-0.4, -0.2) is 17.6 Å². The van der Waals surface area contributed by atoms with Crippen molar-refractivity contribution < 1.29 is 14.3 Å². The Morgan fingerprint density at radius 2 is 2.00 bits per heavy atom. The van der Waals surface area contributed by atoms with Gasteiger partial charge in [-0.1, -0.05) is 37.3 Å². The standard InChI is InChI=1S/C17H21NO3/c1-2-14(13-7-4-3-5-8-13)17(20)18-11-10-15(19)16-9-6-12-21-16/h3-9,12,14-15,19H,2,10-11H2,1H3,(H,18,20). The van der Waals surface area contributed by atoms with Gasteiger partial charge in [-0.05, 0) is 30.5 Å². The van der Waals surface area contributed by atoms with Crippen LogP contribution in [0.25, 0.3) is 0 Å². The van der Waals surface area contributed by atoms with Gasteiger partial charge in [0.15, 0.2) is 0 Å². The second-order valence-corrected chi connectivity index (χ2v) is 4.98. The zero-order chi connectivity index (χ0) is 15.1. The van der Waals surface area contributed by atoms with Crippen molar-refractivity contribution in [2.45, 2.75) is 31.8 Å². The molecule has 0 aliphatic carbocycles. The molecule has 0 saturated heterocycles. The maximum absolute atomic E-state index is 12.2. The highest BCUT2D eigenvalue weighted by Gasteiger charge is 2.18. The zero-order valence-electron chi connectivity index (χ0n) is 12.2. The van der Waals surface area contributed by atoms with Gasteiger partial charge < -0.3 is 14.8 Å². The Morgan fingerprint density at radius 3 is 2.62 bits per heavy atom. The fourth-order valence-corrected chi connectivity index (χ4v) is 2.34. The van der Waals surface area contributed by atoms with Crippen LogP contribution in [0.3, 0.4) is 0 Å². The van der Waals surface area contributed by atoms with Gasteiger partial charge in [0.1, 0.15) is 11.9 Å². The molecule has 1 heterocycles. The maximum atomic E-state index is 12.2. The van der Waals surface area contributed by atoms with Crippen LogP contribution in [0.5, 0.6) is 0 Å². The van der Waals surface area contributed by atoms with Crippen molar-refractivity contribution >= 4 is 5.91 Å². The summed E-state index contributed by atoms with van der Waals surface area (Å²) >= 11 is 0. The normalized spacial score (nSPS) is 13.6. The fourth-order valence-electron chi connectivity index (χ4n) is 2.34. The van der Waals surface area contributed by atoms with Crippen molar-refractivity contribution in [1.82, 2.24) is 5.32 Å². The molecule has 2 aromatic rings. The average Bonchev–Trinajstić information content (AvgIpc) is 3.03. The van der Waals surface area contributed by atoms with Gasteiger partial charge in [0.2, 0.25) is 5.91 Å². The highest BCUT2D eigenvalue weighted by atomic mass is 16.4. The SMILES string of the molecule is CCC(C(=O)NCCC(O)c1ccco1)c1ccccc1. The minimum atomic E-state index is -0.683. The molecule has 1 aromatic carbocycles. The molecule has 0 radical (unpaired) electrons. The van der Waals surface area contributed by atoms with Crippen LogP contribution in [-0.2, 0) is 4.79 Å². The molecule has 0 aliphatic heterocycles. The third kappa shape index (κ3) is 4.20. The molecule has 2 N–H and O–H groups in total. The van der Waals surface area contributed by atoms with E-state index >= 15 is 0 Å². The monoisotopic (exact) mass is 287 g/mol. The largest absolute Gasteiger partial charge is 0.467 e. The first-order valence-electron chi connectivity index (χ1n) is 7.26. The van der Waals surface area contributed by atoms with E-state index in [1.54, 1.807) is 12.1 Å². The number of amides is 1. The molecular weight excluding hydrogens is 266 g/mol. The maximum Gasteiger partial charge on any atom is 0.227 e. The predicted octanol–water partition coefficient (Wildman–Crippen LogP) is 3.01. The second kappa shape index (κ2) is 7.64. The molecule has 1 amide bonds. The Bertz CT molecular complexity index is 536. The van der Waals surface area contributed by atoms with Crippen LogP contribution in [0, 0.1) is 0 Å². The fraction of sp³-hybridized carbons (Fsp3) is 0.353. The third-order valence-corrected chi connectivity index (χ3v) is 3.52. The number of rotatable bonds is 7. The number of hydrogen-bond acceptors (Lipinski definition) is 3. The average molecular weight is 287 g/mol. The molecule has 0 bridgehead atoms. The number of aliphatic hydroxyl groups is 1. The van der Waals surface area contributed by atoms with Crippen LogP contribution in [0.4, 0.5) is 0 Å². The Kier molecular flexibility index (Phi) is 5.58. The first kappa shape index (κ1) is 15.3. The van der Waals surface area contributed by atoms with Crippen LogP contribution in [0.2, 0.25) is 0 Å². The Balaban J connectivity index is 1.83. The Morgan fingerprint density at radius 1 is 1.24 bits per heavy atom. The highest BCUT2D eigenvalue weighted by molar-refractivity contribution is 5.83. The summed E-state index contributed by atoms with van der Waals surface area (Å²) in [6.45, 7) is 2.42. The summed E-state index contributed by atoms with van der Waals surface area (Å²) in [4.78, 5) is 12.2. The minimum absolute atomic E-state index is 0.00431. The predicted molar refractivity (Wildman–Crippen MR) is 80.8 cm³/mol. The van der Waals surface area contributed by atoms with Crippen molar-refractivity contribution in [3.8, 4) is 0 Å². The summed E-state index contributed by atoms with van der Waals surface area (Å²) in [5.41, 5.74) is 1.02. The summed E-state index contributed by atoms with van der Waals surface area (Å²) in [5, 5.41) is 12.8. The first-order valence-corrected chi connectivity index (χ1v) is 7.26. The topological polar surface area (TPSA) is 62.5 Å². The summed E-state index contributed by atoms with van der Waals surface area (Å²) in [6, 6.07) is 13.2. The molecule has 112 valence electrons. The molecule has 4 heteroatoms. The number of hydrogen-bond donors (Lipinski definition) is 2. The van der Waals surface area contributed by atoms with Gasteiger partial charge >= 0.3 is 0 Å². The summed E-state index contributed by atoms with van der Waals surface area (Å²) in [5.74, 6) is 0.377. The van der Waals surface area contributed by atoms with Gasteiger partial charge in [-0.25, -0.2) is 0 Å². The minimum Gasteiger partial charge on any atom is -0.467 e. The van der Waals surface area contributed by atoms with E-state index in [0.717, 1.165) is 12.0 Å². The van der Waals surface area contributed by atoms with Gasteiger partial charge in [-0.2, -0.15) is 0 Å². The molecular formula is C17H21NO3. The second-order valence-electron chi connectivity index (χ2n) is 4.98. The van der Waals surface area contributed by atoms with Gasteiger partial charge in [-0.15, -0.1) is 0 Å². The molecule has 0 fully saturated rings. The first-order chi connectivity index (χ1) is 10.2. The van der Waals surface area contributed by atoms with Gasteiger partial charge in [0.05, 0.1) is 12.2 Å². The number of carbonyl (C=O) groups excluding carboxylic acids is 1. The van der Waals surface area contributed by atoms with E-state index in [9.17, 15) is 9.90 Å². The summed E-state index contributed by atoms with van der Waals surface area (Å²) in [7, 11) is 0. The van der Waals surface area contributed by atoms with E-state index in [0.29, 0.717) is 18.7 Å². The van der Waals surface area contributed by atoms with Crippen molar-refractivity contribution in [3.05, 3.63) is 60.1 Å². The van der Waals surface area contributed by atoms with E-state index < -0.39 is 6.10 Å². The van der Waals surface area contributed by atoms with Crippen LogP contribution < -0.4 is 5.32 Å². The number of benzene rings is 1. The third-order valence-electron chi connectivity index (χ3n) is 3.52. The lowest BCUT2D eigenvalue weighted by atomic mass is 9.95. The van der Waals surface area contributed by atoms with E-state index in [2.05, 4.69) is 5.32 Å². The lowest BCUT2D eigenvalue weighted by Gasteiger charge is -2.16. The Labute approximate surface area is 124 Å². The number of nitrogens with one attached hydrogen (secondary N) is 1. The number of aliphatic hydroxyl groups excluding tert-OH is 1. The summed E-state index contributed by atoms with van der Waals surface area (Å²) < 4.78 is 5.13. The zero-order valence-corrected chi connectivity index (χ0v) is 12.2. The molecule has 4 nitrogen and oxygen atoms in total. The Hall–Kier alpha value is -2.07. The highest BCUT2D eigenvalue weighted by Crippen LogP contribution is 2.20. The van der Waals surface area contributed by atoms with Gasteiger partial charge in [0, 0.05) is 6.54 Å². The lowest BCUT2D eigenvalue weighted by Crippen LogP contribution is -2.30. The van der Waals surface area contributed by atoms with Gasteiger partial charge in [0.25, 0.3) is 0 Å². The van der Waals surface area contributed by atoms with Crippen LogP contribution in [0.15, 0.2) is 53.1 Å². The molecule has 0 aliphatic rings. The van der Waals surface area contributed by atoms with Crippen molar-refractivity contribution in [2.75, 3.05) is 6.54 Å². The van der Waals surface area contributed by atoms with Crippen LogP contribution >= 0.6 is 0 Å². The van der Waals surface area contributed by atoms with Crippen molar-refractivity contribution in [1.29, 1.82) is 0 Å². The molecule has 2 rings (SSSR count). The molecule has 0 spiro atoms. The van der Waals surface area contributed by atoms with Crippen molar-refractivity contribution in [2.24, 2.45) is 0 Å². The van der Waals surface area contributed by atoms with Gasteiger partial charge in [-0.3, -0.25) is 4.79 Å². The van der Waals surface area contributed by atoms with Crippen LogP contribution in [0.1, 0.15) is 43.1 Å². The summed E-state index contributed by atoms with van der Waals surface area (Å²) in [6.07, 6.45) is 2.03. The smallest absolute Gasteiger partial charge is 0.227 e. The molecule has 0 saturated carbocycles. The van der Waals surface area contributed by atoms with E-state index in [1.807, 2.05) is 37.3 Å². The quantitative estimate of drug-likeness (QED) is 0.823. The molecule has 2 unspecified atom stereocenters. The number of furan rings is 1. The van der Waals surface area contributed by atoms with E-state index in [1.165, 1.54) is 6.26 Å². The van der Waals surface area contributed by atoms with E-state index in [4.69, 9.17) is 4.42 Å². The number of carbonyl (C=O) groups is 1.